The van der Waals surface area contributed by atoms with Crippen molar-refractivity contribution < 1.29 is 9.59 Å². The molecule has 0 aromatic carbocycles. The second-order valence-corrected chi connectivity index (χ2v) is 5.07. The average molecular weight is 278 g/mol. The Balaban J connectivity index is 2.05. The van der Waals surface area contributed by atoms with Crippen molar-refractivity contribution in [1.82, 2.24) is 10.3 Å². The summed E-state index contributed by atoms with van der Waals surface area (Å²) >= 11 is 1.31. The third-order valence-electron chi connectivity index (χ3n) is 2.57. The van der Waals surface area contributed by atoms with Crippen LogP contribution in [0.1, 0.15) is 22.5 Å². The van der Waals surface area contributed by atoms with Crippen molar-refractivity contribution in [1.29, 1.82) is 0 Å². The van der Waals surface area contributed by atoms with Gasteiger partial charge in [-0.1, -0.05) is 0 Å². The summed E-state index contributed by atoms with van der Waals surface area (Å²) in [5.74, 6) is -0.621. The molecule has 0 atom stereocenters. The van der Waals surface area contributed by atoms with Gasteiger partial charge in [0.1, 0.15) is 10.4 Å². The molecule has 0 aliphatic rings. The number of hydrogen-bond acceptors (Lipinski definition) is 5. The maximum Gasteiger partial charge on any atom is 0.263 e. The Morgan fingerprint density at radius 1 is 1.42 bits per heavy atom. The quantitative estimate of drug-likeness (QED) is 0.705. The van der Waals surface area contributed by atoms with E-state index in [1.165, 1.54) is 11.3 Å². The normalized spacial score (nSPS) is 10.5. The molecular weight excluding hydrogens is 264 g/mol. The second-order valence-electron chi connectivity index (χ2n) is 4.02. The van der Waals surface area contributed by atoms with Crippen molar-refractivity contribution in [2.75, 3.05) is 12.3 Å². The van der Waals surface area contributed by atoms with Crippen LogP contribution in [0.4, 0.5) is 5.69 Å². The molecule has 2 rings (SSSR count). The van der Waals surface area contributed by atoms with Crippen LogP contribution >= 0.6 is 11.3 Å². The highest BCUT2D eigenvalue weighted by atomic mass is 32.1. The van der Waals surface area contributed by atoms with E-state index in [-0.39, 0.29) is 18.2 Å². The van der Waals surface area contributed by atoms with Crippen LogP contribution in [0.2, 0.25) is 0 Å². The van der Waals surface area contributed by atoms with Gasteiger partial charge in [0.05, 0.1) is 10.4 Å². The summed E-state index contributed by atoms with van der Waals surface area (Å²) in [7, 11) is 0. The highest BCUT2D eigenvalue weighted by Gasteiger charge is 2.16. The molecule has 2 heterocycles. The number of pyridine rings is 1. The maximum atomic E-state index is 12.0. The summed E-state index contributed by atoms with van der Waals surface area (Å²) in [6.07, 6.45) is 2.41. The van der Waals surface area contributed by atoms with E-state index in [9.17, 15) is 9.59 Å². The summed E-state index contributed by atoms with van der Waals surface area (Å²) in [5, 5.41) is 2.71. The molecule has 0 aliphatic carbocycles. The van der Waals surface area contributed by atoms with E-state index in [0.717, 1.165) is 4.70 Å². The van der Waals surface area contributed by atoms with E-state index in [4.69, 9.17) is 11.5 Å². The Morgan fingerprint density at radius 3 is 2.89 bits per heavy atom. The van der Waals surface area contributed by atoms with Crippen LogP contribution in [-0.4, -0.2) is 23.3 Å². The van der Waals surface area contributed by atoms with Gasteiger partial charge in [0.15, 0.2) is 0 Å². The Hall–Kier alpha value is -2.15. The molecule has 0 spiro atoms. The van der Waals surface area contributed by atoms with Gasteiger partial charge in [-0.25, -0.2) is 0 Å². The summed E-state index contributed by atoms with van der Waals surface area (Å²) in [6.45, 7) is 0.392. The van der Waals surface area contributed by atoms with E-state index >= 15 is 0 Å². The molecule has 5 N–H and O–H groups in total. The molecule has 6 nitrogen and oxygen atoms in total. The third-order valence-corrected chi connectivity index (χ3v) is 3.73. The van der Waals surface area contributed by atoms with Gasteiger partial charge in [0.2, 0.25) is 5.91 Å². The minimum atomic E-state index is -0.375. The summed E-state index contributed by atoms with van der Waals surface area (Å²) in [5.41, 5.74) is 12.0. The largest absolute Gasteiger partial charge is 0.396 e. The van der Waals surface area contributed by atoms with Gasteiger partial charge in [-0.05, 0) is 18.6 Å². The summed E-state index contributed by atoms with van der Waals surface area (Å²) in [4.78, 5) is 27.1. The van der Waals surface area contributed by atoms with Crippen molar-refractivity contribution in [2.45, 2.75) is 12.8 Å². The van der Waals surface area contributed by atoms with Gasteiger partial charge in [-0.15, -0.1) is 11.3 Å². The first-order valence-corrected chi connectivity index (χ1v) is 6.60. The van der Waals surface area contributed by atoms with Crippen LogP contribution < -0.4 is 16.8 Å². The number of carbonyl (C=O) groups is 2. The first-order chi connectivity index (χ1) is 9.09. The lowest BCUT2D eigenvalue weighted by atomic mass is 10.3. The van der Waals surface area contributed by atoms with E-state index in [1.54, 1.807) is 12.3 Å². The number of nitrogens with zero attached hydrogens (tertiary/aromatic N) is 1. The zero-order valence-electron chi connectivity index (χ0n) is 10.2. The van der Waals surface area contributed by atoms with E-state index < -0.39 is 0 Å². The van der Waals surface area contributed by atoms with Crippen LogP contribution in [0.3, 0.4) is 0 Å². The van der Waals surface area contributed by atoms with Crippen LogP contribution in [0.15, 0.2) is 18.3 Å². The van der Waals surface area contributed by atoms with Crippen molar-refractivity contribution >= 4 is 39.1 Å². The van der Waals surface area contributed by atoms with Crippen LogP contribution in [-0.2, 0) is 4.79 Å². The Kier molecular flexibility index (Phi) is 3.96. The molecule has 0 saturated carbocycles. The lowest BCUT2D eigenvalue weighted by molar-refractivity contribution is -0.118. The van der Waals surface area contributed by atoms with Gasteiger partial charge in [0.25, 0.3) is 5.91 Å². The fourth-order valence-corrected chi connectivity index (χ4v) is 2.66. The topological polar surface area (TPSA) is 111 Å². The highest BCUT2D eigenvalue weighted by molar-refractivity contribution is 7.21. The average Bonchev–Trinajstić information content (AvgIpc) is 2.72. The molecule has 2 aromatic heterocycles. The highest BCUT2D eigenvalue weighted by Crippen LogP contribution is 2.31. The number of primary amides is 1. The Morgan fingerprint density at radius 2 is 2.21 bits per heavy atom. The second kappa shape index (κ2) is 5.66. The number of fused-ring (bicyclic) bond motifs is 1. The fraction of sp³-hybridized carbons (Fsp3) is 0.250. The maximum absolute atomic E-state index is 12.0. The molecule has 19 heavy (non-hydrogen) atoms. The molecule has 2 amide bonds. The molecule has 100 valence electrons. The van der Waals surface area contributed by atoms with E-state index in [1.807, 2.05) is 6.07 Å². The van der Waals surface area contributed by atoms with Crippen molar-refractivity contribution in [3.8, 4) is 0 Å². The van der Waals surface area contributed by atoms with Crippen LogP contribution in [0.25, 0.3) is 10.2 Å². The Labute approximate surface area is 113 Å². The zero-order chi connectivity index (χ0) is 13.8. The van der Waals surface area contributed by atoms with E-state index in [2.05, 4.69) is 10.3 Å². The van der Waals surface area contributed by atoms with Gasteiger partial charge in [0, 0.05) is 19.2 Å². The molecule has 2 aromatic rings. The third kappa shape index (κ3) is 3.00. The standard InChI is InChI=1S/C12H14N4O2S/c13-8(17)4-2-6-16-12(18)11-9(14)10-7(19-11)3-1-5-15-10/h1,3,5H,2,4,6,14H2,(H2,13,17)(H,16,18). The number of hydrogen-bond donors (Lipinski definition) is 3. The molecular formula is C12H14N4O2S. The first kappa shape index (κ1) is 13.3. The molecule has 0 saturated heterocycles. The smallest absolute Gasteiger partial charge is 0.263 e. The number of nitrogens with two attached hydrogens (primary N) is 2. The molecule has 0 radical (unpaired) electrons. The van der Waals surface area contributed by atoms with Gasteiger partial charge >= 0.3 is 0 Å². The molecule has 0 unspecified atom stereocenters. The summed E-state index contributed by atoms with van der Waals surface area (Å²) < 4.78 is 0.877. The molecule has 0 bridgehead atoms. The molecule has 0 fully saturated rings. The number of rotatable bonds is 5. The number of nitrogens with one attached hydrogen (secondary N) is 1. The summed E-state index contributed by atoms with van der Waals surface area (Å²) in [6, 6.07) is 3.67. The zero-order valence-corrected chi connectivity index (χ0v) is 11.0. The van der Waals surface area contributed by atoms with Crippen molar-refractivity contribution in [3.63, 3.8) is 0 Å². The number of thiophene rings is 1. The lowest BCUT2D eigenvalue weighted by Crippen LogP contribution is -2.25. The van der Waals surface area contributed by atoms with Gasteiger partial charge in [-0.3, -0.25) is 14.6 Å². The number of nitrogen functional groups attached to an aromatic ring is 1. The number of aromatic nitrogens is 1. The predicted octanol–water partition coefficient (Wildman–Crippen LogP) is 0.874. The van der Waals surface area contributed by atoms with E-state index in [0.29, 0.717) is 29.0 Å². The minimum absolute atomic E-state index is 0.245. The fourth-order valence-electron chi connectivity index (χ4n) is 1.66. The first-order valence-electron chi connectivity index (χ1n) is 5.79. The van der Waals surface area contributed by atoms with Crippen LogP contribution in [0.5, 0.6) is 0 Å². The van der Waals surface area contributed by atoms with Crippen LogP contribution in [0, 0.1) is 0 Å². The predicted molar refractivity (Wildman–Crippen MR) is 74.8 cm³/mol. The molecule has 7 heteroatoms. The lowest BCUT2D eigenvalue weighted by Gasteiger charge is -2.02. The SMILES string of the molecule is NC(=O)CCCNC(=O)c1sc2cccnc2c1N. The Bertz CT molecular complexity index is 623. The minimum Gasteiger partial charge on any atom is -0.396 e. The van der Waals surface area contributed by atoms with Gasteiger partial charge < -0.3 is 16.8 Å². The monoisotopic (exact) mass is 278 g/mol. The van der Waals surface area contributed by atoms with Crippen molar-refractivity contribution in [2.24, 2.45) is 5.73 Å². The number of amides is 2. The van der Waals surface area contributed by atoms with Crippen molar-refractivity contribution in [3.05, 3.63) is 23.2 Å². The number of carbonyl (C=O) groups excluding carboxylic acids is 2. The molecule has 0 aliphatic heterocycles. The number of anilines is 1. The van der Waals surface area contributed by atoms with Gasteiger partial charge in [-0.2, -0.15) is 0 Å².